The number of amides is 3. The number of rotatable bonds is 5. The number of anilines is 1. The van der Waals surface area contributed by atoms with Gasteiger partial charge in [0, 0.05) is 58.8 Å². The second-order valence-electron chi connectivity index (χ2n) is 8.79. The molecule has 2 bridgehead atoms. The summed E-state index contributed by atoms with van der Waals surface area (Å²) in [5, 5.41) is 1.08. The highest BCUT2D eigenvalue weighted by Gasteiger charge is 2.47. The molecule has 0 spiro atoms. The Morgan fingerprint density at radius 3 is 2.35 bits per heavy atom. The number of nitrogens with zero attached hydrogens (tertiary/aromatic N) is 5. The molecule has 4 saturated heterocycles. The smallest absolute Gasteiger partial charge is 0.264 e. The zero-order valence-electron chi connectivity index (χ0n) is 18.5. The standard InChI is InChI=1S/C22H31N5O3S/c1-16(28)24-9-11-25(12-10-24)21-7-6-19(31-21)22(30)26-14-17-13-18(15-26)27(17)20(29)5-4-8-23(2)3/h4-7,17-18H,8-15H2,1-3H3/b5-4+. The normalized spacial score (nSPS) is 23.5. The van der Waals surface area contributed by atoms with Crippen LogP contribution in [0.1, 0.15) is 23.0 Å². The maximum atomic E-state index is 13.1. The first-order chi connectivity index (χ1) is 14.8. The molecule has 4 aliphatic heterocycles. The molecule has 0 saturated carbocycles. The van der Waals surface area contributed by atoms with Crippen molar-refractivity contribution in [3.05, 3.63) is 29.2 Å². The Bertz CT molecular complexity index is 862. The van der Waals surface area contributed by atoms with Crippen molar-refractivity contribution >= 4 is 34.1 Å². The van der Waals surface area contributed by atoms with Crippen LogP contribution in [-0.2, 0) is 9.59 Å². The molecular weight excluding hydrogens is 414 g/mol. The summed E-state index contributed by atoms with van der Waals surface area (Å²) >= 11 is 1.52. The van der Waals surface area contributed by atoms with Gasteiger partial charge in [-0.3, -0.25) is 14.4 Å². The molecule has 168 valence electrons. The minimum atomic E-state index is 0.0540. The van der Waals surface area contributed by atoms with Crippen LogP contribution in [0.25, 0.3) is 0 Å². The van der Waals surface area contributed by atoms with Gasteiger partial charge in [-0.1, -0.05) is 6.08 Å². The van der Waals surface area contributed by atoms with E-state index < -0.39 is 0 Å². The van der Waals surface area contributed by atoms with Crippen LogP contribution < -0.4 is 4.90 Å². The second-order valence-corrected chi connectivity index (χ2v) is 9.86. The van der Waals surface area contributed by atoms with E-state index in [4.69, 9.17) is 0 Å². The van der Waals surface area contributed by atoms with Gasteiger partial charge in [0.05, 0.1) is 22.0 Å². The summed E-state index contributed by atoms with van der Waals surface area (Å²) in [6.45, 7) is 6.58. The van der Waals surface area contributed by atoms with E-state index in [1.54, 1.807) is 13.0 Å². The molecule has 0 radical (unpaired) electrons. The van der Waals surface area contributed by atoms with Gasteiger partial charge < -0.3 is 24.5 Å². The van der Waals surface area contributed by atoms with Gasteiger partial charge in [-0.15, -0.1) is 11.3 Å². The molecule has 0 aliphatic carbocycles. The van der Waals surface area contributed by atoms with Crippen molar-refractivity contribution in [1.29, 1.82) is 0 Å². The fraction of sp³-hybridized carbons (Fsp3) is 0.591. The van der Waals surface area contributed by atoms with Gasteiger partial charge in [-0.05, 0) is 32.6 Å². The Morgan fingerprint density at radius 1 is 1.06 bits per heavy atom. The highest BCUT2D eigenvalue weighted by Crippen LogP contribution is 2.35. The number of carbonyl (C=O) groups is 3. The Balaban J connectivity index is 1.31. The average molecular weight is 446 g/mol. The van der Waals surface area contributed by atoms with E-state index in [1.165, 1.54) is 11.3 Å². The summed E-state index contributed by atoms with van der Waals surface area (Å²) < 4.78 is 0. The quantitative estimate of drug-likeness (QED) is 0.632. The van der Waals surface area contributed by atoms with Crippen LogP contribution in [0.5, 0.6) is 0 Å². The lowest BCUT2D eigenvalue weighted by molar-refractivity contribution is -0.146. The zero-order chi connectivity index (χ0) is 22.1. The van der Waals surface area contributed by atoms with Gasteiger partial charge in [-0.25, -0.2) is 0 Å². The first-order valence-electron chi connectivity index (χ1n) is 10.9. The lowest BCUT2D eigenvalue weighted by atomic mass is 9.87. The van der Waals surface area contributed by atoms with Gasteiger partial charge in [-0.2, -0.15) is 0 Å². The summed E-state index contributed by atoms with van der Waals surface area (Å²) in [6, 6.07) is 4.17. The summed E-state index contributed by atoms with van der Waals surface area (Å²) in [5.74, 6) is 0.230. The SMILES string of the molecule is CC(=O)N1CCN(c2ccc(C(=O)N3CC4CC(C3)N4C(=O)/C=C/CN(C)C)s2)CC1. The molecule has 2 unspecified atom stereocenters. The molecule has 9 heteroatoms. The van der Waals surface area contributed by atoms with Crippen molar-refractivity contribution in [1.82, 2.24) is 19.6 Å². The summed E-state index contributed by atoms with van der Waals surface area (Å²) in [7, 11) is 3.94. The number of piperidine rings is 1. The van der Waals surface area contributed by atoms with E-state index in [0.29, 0.717) is 13.1 Å². The molecule has 5 rings (SSSR count). The number of hydrogen-bond acceptors (Lipinski definition) is 6. The van der Waals surface area contributed by atoms with Crippen LogP contribution in [0.2, 0.25) is 0 Å². The molecule has 5 heterocycles. The van der Waals surface area contributed by atoms with Crippen LogP contribution >= 0.6 is 11.3 Å². The predicted octanol–water partition coefficient (Wildman–Crippen LogP) is 0.960. The summed E-state index contributed by atoms with van der Waals surface area (Å²) in [4.78, 5) is 47.8. The third kappa shape index (κ3) is 4.62. The van der Waals surface area contributed by atoms with Gasteiger partial charge in [0.25, 0.3) is 5.91 Å². The van der Waals surface area contributed by atoms with Crippen molar-refractivity contribution in [2.75, 3.05) is 64.8 Å². The number of likely N-dealkylation sites (N-methyl/N-ethyl adjacent to an activating group) is 1. The maximum Gasteiger partial charge on any atom is 0.264 e. The molecule has 31 heavy (non-hydrogen) atoms. The maximum absolute atomic E-state index is 13.1. The second kappa shape index (κ2) is 9.00. The van der Waals surface area contributed by atoms with Gasteiger partial charge >= 0.3 is 0 Å². The molecule has 3 amide bonds. The molecule has 8 nitrogen and oxygen atoms in total. The Labute approximate surface area is 187 Å². The first kappa shape index (κ1) is 21.8. The van der Waals surface area contributed by atoms with E-state index in [2.05, 4.69) is 4.90 Å². The van der Waals surface area contributed by atoms with Crippen LogP contribution in [0.4, 0.5) is 5.00 Å². The van der Waals surface area contributed by atoms with E-state index >= 15 is 0 Å². The number of fused-ring (bicyclic) bond motifs is 2. The van der Waals surface area contributed by atoms with E-state index in [0.717, 1.165) is 49.0 Å². The minimum absolute atomic E-state index is 0.0540. The van der Waals surface area contributed by atoms with Crippen LogP contribution in [0, 0.1) is 0 Å². The molecule has 2 atom stereocenters. The topological polar surface area (TPSA) is 67.4 Å². The monoisotopic (exact) mass is 445 g/mol. The molecule has 0 N–H and O–H groups in total. The highest BCUT2D eigenvalue weighted by atomic mass is 32.1. The predicted molar refractivity (Wildman–Crippen MR) is 121 cm³/mol. The van der Waals surface area contributed by atoms with E-state index in [1.807, 2.05) is 51.9 Å². The number of piperazine rings is 2. The lowest BCUT2D eigenvalue weighted by Gasteiger charge is -2.55. The van der Waals surface area contributed by atoms with Gasteiger partial charge in [0.15, 0.2) is 0 Å². The molecule has 1 aromatic rings. The molecular formula is C22H31N5O3S. The lowest BCUT2D eigenvalue weighted by Crippen LogP contribution is -2.70. The van der Waals surface area contributed by atoms with Crippen molar-refractivity contribution in [2.45, 2.75) is 25.4 Å². The largest absolute Gasteiger partial charge is 0.360 e. The number of carbonyl (C=O) groups excluding carboxylic acids is 3. The van der Waals surface area contributed by atoms with Crippen LogP contribution in [0.3, 0.4) is 0 Å². The minimum Gasteiger partial charge on any atom is -0.360 e. The van der Waals surface area contributed by atoms with Gasteiger partial charge in [0.2, 0.25) is 11.8 Å². The Morgan fingerprint density at radius 2 is 1.74 bits per heavy atom. The fourth-order valence-electron chi connectivity index (χ4n) is 4.60. The number of hydrogen-bond donors (Lipinski definition) is 0. The van der Waals surface area contributed by atoms with E-state index in [-0.39, 0.29) is 29.8 Å². The molecule has 0 aromatic carbocycles. The molecule has 1 aromatic heterocycles. The molecule has 4 fully saturated rings. The van der Waals surface area contributed by atoms with Crippen molar-refractivity contribution in [3.8, 4) is 0 Å². The van der Waals surface area contributed by atoms with E-state index in [9.17, 15) is 14.4 Å². The third-order valence-electron chi connectivity index (χ3n) is 6.31. The van der Waals surface area contributed by atoms with Crippen LogP contribution in [-0.4, -0.2) is 109 Å². The van der Waals surface area contributed by atoms with Crippen molar-refractivity contribution in [2.24, 2.45) is 0 Å². The Hall–Kier alpha value is -2.39. The Kier molecular flexibility index (Phi) is 6.34. The van der Waals surface area contributed by atoms with Crippen molar-refractivity contribution in [3.63, 3.8) is 0 Å². The van der Waals surface area contributed by atoms with Gasteiger partial charge in [0.1, 0.15) is 0 Å². The summed E-state index contributed by atoms with van der Waals surface area (Å²) in [6.07, 6.45) is 4.53. The first-order valence-corrected chi connectivity index (χ1v) is 11.7. The summed E-state index contributed by atoms with van der Waals surface area (Å²) in [5.41, 5.74) is 0. The number of thiophene rings is 1. The van der Waals surface area contributed by atoms with Crippen LogP contribution in [0.15, 0.2) is 24.3 Å². The third-order valence-corrected chi connectivity index (χ3v) is 7.44. The fourth-order valence-corrected chi connectivity index (χ4v) is 5.62. The zero-order valence-corrected chi connectivity index (χ0v) is 19.3. The highest BCUT2D eigenvalue weighted by molar-refractivity contribution is 7.18. The van der Waals surface area contributed by atoms with Crippen molar-refractivity contribution < 1.29 is 14.4 Å². The molecule has 4 aliphatic rings. The average Bonchev–Trinajstić information content (AvgIpc) is 3.23.